The van der Waals surface area contributed by atoms with Gasteiger partial charge in [0.15, 0.2) is 6.29 Å². The van der Waals surface area contributed by atoms with Crippen LogP contribution in [0.4, 0.5) is 0 Å². The SMILES string of the molecule is CCCCC/C=C/C1OCCCO1. The molecule has 0 radical (unpaired) electrons. The van der Waals surface area contributed by atoms with E-state index < -0.39 is 0 Å². The van der Waals surface area contributed by atoms with Gasteiger partial charge in [0, 0.05) is 0 Å². The minimum Gasteiger partial charge on any atom is -0.349 e. The van der Waals surface area contributed by atoms with Crippen molar-refractivity contribution < 1.29 is 9.47 Å². The second kappa shape index (κ2) is 7.10. The molecular formula is C11H20O2. The molecule has 0 bridgehead atoms. The van der Waals surface area contributed by atoms with Crippen molar-refractivity contribution >= 4 is 0 Å². The maximum atomic E-state index is 5.38. The van der Waals surface area contributed by atoms with Crippen LogP contribution in [0, 0.1) is 0 Å². The summed E-state index contributed by atoms with van der Waals surface area (Å²) in [6, 6.07) is 0. The minimum atomic E-state index is -0.0737. The van der Waals surface area contributed by atoms with Gasteiger partial charge in [-0.1, -0.05) is 25.8 Å². The van der Waals surface area contributed by atoms with E-state index in [2.05, 4.69) is 13.0 Å². The Labute approximate surface area is 80.9 Å². The summed E-state index contributed by atoms with van der Waals surface area (Å²) >= 11 is 0. The molecule has 0 atom stereocenters. The van der Waals surface area contributed by atoms with Crippen LogP contribution in [0.15, 0.2) is 12.2 Å². The third-order valence-electron chi connectivity index (χ3n) is 2.12. The second-order valence-corrected chi connectivity index (χ2v) is 3.39. The molecule has 13 heavy (non-hydrogen) atoms. The van der Waals surface area contributed by atoms with Crippen molar-refractivity contribution in [2.24, 2.45) is 0 Å². The predicted octanol–water partition coefficient (Wildman–Crippen LogP) is 2.89. The van der Waals surface area contributed by atoms with Crippen LogP contribution in [-0.4, -0.2) is 19.5 Å². The van der Waals surface area contributed by atoms with Crippen LogP contribution in [0.2, 0.25) is 0 Å². The maximum Gasteiger partial charge on any atom is 0.176 e. The molecule has 0 aromatic carbocycles. The van der Waals surface area contributed by atoms with Crippen LogP contribution in [0.3, 0.4) is 0 Å². The van der Waals surface area contributed by atoms with Crippen LogP contribution in [-0.2, 0) is 9.47 Å². The Morgan fingerprint density at radius 1 is 1.23 bits per heavy atom. The highest BCUT2D eigenvalue weighted by atomic mass is 16.7. The summed E-state index contributed by atoms with van der Waals surface area (Å²) in [5.74, 6) is 0. The third kappa shape index (κ3) is 5.06. The molecule has 0 aromatic rings. The first-order valence-corrected chi connectivity index (χ1v) is 5.33. The van der Waals surface area contributed by atoms with E-state index in [1.54, 1.807) is 0 Å². The van der Waals surface area contributed by atoms with Crippen LogP contribution in [0.5, 0.6) is 0 Å². The monoisotopic (exact) mass is 184 g/mol. The molecule has 0 N–H and O–H groups in total. The first-order valence-electron chi connectivity index (χ1n) is 5.33. The Kier molecular flexibility index (Phi) is 5.87. The number of unbranched alkanes of at least 4 members (excludes halogenated alkanes) is 3. The van der Waals surface area contributed by atoms with E-state index >= 15 is 0 Å². The van der Waals surface area contributed by atoms with Crippen molar-refractivity contribution in [2.45, 2.75) is 45.3 Å². The topological polar surface area (TPSA) is 18.5 Å². The highest BCUT2D eigenvalue weighted by molar-refractivity contribution is 4.85. The summed E-state index contributed by atoms with van der Waals surface area (Å²) in [5, 5.41) is 0. The Balaban J connectivity index is 2.01. The maximum absolute atomic E-state index is 5.38. The molecule has 0 amide bonds. The van der Waals surface area contributed by atoms with E-state index in [0.717, 1.165) is 26.1 Å². The Bertz CT molecular complexity index is 137. The number of hydrogen-bond acceptors (Lipinski definition) is 2. The zero-order chi connectivity index (χ0) is 9.36. The van der Waals surface area contributed by atoms with Crippen molar-refractivity contribution in [2.75, 3.05) is 13.2 Å². The quantitative estimate of drug-likeness (QED) is 0.483. The van der Waals surface area contributed by atoms with Gasteiger partial charge in [-0.3, -0.25) is 0 Å². The van der Waals surface area contributed by atoms with Gasteiger partial charge in [0.25, 0.3) is 0 Å². The number of ether oxygens (including phenoxy) is 2. The lowest BCUT2D eigenvalue weighted by molar-refractivity contribution is -0.149. The van der Waals surface area contributed by atoms with Crippen molar-refractivity contribution in [1.29, 1.82) is 0 Å². The molecule has 0 aromatic heterocycles. The van der Waals surface area contributed by atoms with Crippen molar-refractivity contribution in [3.8, 4) is 0 Å². The van der Waals surface area contributed by atoms with Gasteiger partial charge in [-0.25, -0.2) is 0 Å². The van der Waals surface area contributed by atoms with Gasteiger partial charge < -0.3 is 9.47 Å². The molecule has 0 spiro atoms. The lowest BCUT2D eigenvalue weighted by atomic mass is 10.2. The minimum absolute atomic E-state index is 0.0737. The molecule has 1 rings (SSSR count). The summed E-state index contributed by atoms with van der Waals surface area (Å²) in [6.45, 7) is 3.89. The normalized spacial score (nSPS) is 19.8. The Hall–Kier alpha value is -0.340. The molecule has 0 saturated carbocycles. The van der Waals surface area contributed by atoms with E-state index in [9.17, 15) is 0 Å². The smallest absolute Gasteiger partial charge is 0.176 e. The van der Waals surface area contributed by atoms with E-state index in [0.29, 0.717) is 0 Å². The zero-order valence-corrected chi connectivity index (χ0v) is 8.50. The van der Waals surface area contributed by atoms with E-state index in [4.69, 9.17) is 9.47 Å². The fourth-order valence-electron chi connectivity index (χ4n) is 1.34. The Morgan fingerprint density at radius 2 is 2.00 bits per heavy atom. The molecule has 1 heterocycles. The number of rotatable bonds is 5. The molecule has 0 aliphatic carbocycles. The van der Waals surface area contributed by atoms with E-state index in [1.165, 1.54) is 19.3 Å². The fourth-order valence-corrected chi connectivity index (χ4v) is 1.34. The molecule has 2 nitrogen and oxygen atoms in total. The van der Waals surface area contributed by atoms with Gasteiger partial charge in [0.1, 0.15) is 0 Å². The molecule has 76 valence electrons. The molecule has 2 heteroatoms. The Morgan fingerprint density at radius 3 is 2.69 bits per heavy atom. The first-order chi connectivity index (χ1) is 6.43. The molecule has 1 aliphatic heterocycles. The van der Waals surface area contributed by atoms with Crippen molar-refractivity contribution in [3.05, 3.63) is 12.2 Å². The third-order valence-corrected chi connectivity index (χ3v) is 2.12. The summed E-state index contributed by atoms with van der Waals surface area (Å²) in [5.41, 5.74) is 0. The second-order valence-electron chi connectivity index (χ2n) is 3.39. The summed E-state index contributed by atoms with van der Waals surface area (Å²) < 4.78 is 10.8. The number of allylic oxidation sites excluding steroid dienone is 1. The molecule has 0 unspecified atom stereocenters. The average molecular weight is 184 g/mol. The summed E-state index contributed by atoms with van der Waals surface area (Å²) in [6.07, 6.45) is 10.2. The summed E-state index contributed by atoms with van der Waals surface area (Å²) in [4.78, 5) is 0. The van der Waals surface area contributed by atoms with Crippen LogP contribution in [0.25, 0.3) is 0 Å². The van der Waals surface area contributed by atoms with Gasteiger partial charge >= 0.3 is 0 Å². The molecule has 1 fully saturated rings. The zero-order valence-electron chi connectivity index (χ0n) is 8.50. The predicted molar refractivity (Wildman–Crippen MR) is 53.6 cm³/mol. The van der Waals surface area contributed by atoms with Gasteiger partial charge in [-0.2, -0.15) is 0 Å². The van der Waals surface area contributed by atoms with E-state index in [-0.39, 0.29) is 6.29 Å². The largest absolute Gasteiger partial charge is 0.349 e. The fraction of sp³-hybridized carbons (Fsp3) is 0.818. The van der Waals surface area contributed by atoms with E-state index in [1.807, 2.05) is 6.08 Å². The molecule has 1 saturated heterocycles. The standard InChI is InChI=1S/C11H20O2/c1-2-3-4-5-6-8-11-12-9-7-10-13-11/h6,8,11H,2-5,7,9-10H2,1H3/b8-6+. The van der Waals surface area contributed by atoms with Crippen LogP contribution in [0.1, 0.15) is 39.0 Å². The van der Waals surface area contributed by atoms with Crippen molar-refractivity contribution in [3.63, 3.8) is 0 Å². The van der Waals surface area contributed by atoms with Gasteiger partial charge in [-0.05, 0) is 25.3 Å². The average Bonchev–Trinajstić information content (AvgIpc) is 2.19. The number of hydrogen-bond donors (Lipinski definition) is 0. The van der Waals surface area contributed by atoms with Gasteiger partial charge in [0.05, 0.1) is 13.2 Å². The molecule has 1 aliphatic rings. The van der Waals surface area contributed by atoms with Crippen LogP contribution < -0.4 is 0 Å². The summed E-state index contributed by atoms with van der Waals surface area (Å²) in [7, 11) is 0. The highest BCUT2D eigenvalue weighted by Gasteiger charge is 2.09. The highest BCUT2D eigenvalue weighted by Crippen LogP contribution is 2.07. The van der Waals surface area contributed by atoms with Crippen molar-refractivity contribution in [1.82, 2.24) is 0 Å². The first kappa shape index (κ1) is 10.7. The van der Waals surface area contributed by atoms with Gasteiger partial charge in [0.2, 0.25) is 0 Å². The molecular weight excluding hydrogens is 164 g/mol. The lowest BCUT2D eigenvalue weighted by Gasteiger charge is -2.19. The lowest BCUT2D eigenvalue weighted by Crippen LogP contribution is -2.22. The van der Waals surface area contributed by atoms with Gasteiger partial charge in [-0.15, -0.1) is 0 Å². The van der Waals surface area contributed by atoms with Crippen LogP contribution >= 0.6 is 0 Å².